The molecule has 6 nitrogen and oxygen atoms in total. The molecule has 0 aliphatic carbocycles. The van der Waals surface area contributed by atoms with Crippen LogP contribution in [0.2, 0.25) is 5.02 Å². The molecule has 0 unspecified atom stereocenters. The van der Waals surface area contributed by atoms with E-state index in [4.69, 9.17) is 13.0 Å². The maximum Gasteiger partial charge on any atom is 0.261 e. The van der Waals surface area contributed by atoms with Crippen LogP contribution in [0.1, 0.15) is 20.6 Å². The fraction of sp³-hybridized carbons (Fsp3) is 0.500. The van der Waals surface area contributed by atoms with Crippen LogP contribution in [0.4, 0.5) is 0 Å². The van der Waals surface area contributed by atoms with E-state index in [9.17, 15) is 15.0 Å². The Hall–Kier alpha value is -0.990. The van der Waals surface area contributed by atoms with Crippen molar-refractivity contribution in [1.29, 1.82) is 0 Å². The van der Waals surface area contributed by atoms with Crippen molar-refractivity contribution >= 4 is 38.4 Å². The third-order valence-electron chi connectivity index (χ3n) is 4.22. The molecular formula is C16H19BrClN3O3. The van der Waals surface area contributed by atoms with Crippen molar-refractivity contribution in [1.82, 2.24) is 14.9 Å². The summed E-state index contributed by atoms with van der Waals surface area (Å²) in [5.74, 6) is 0. The molecule has 3 N–H and O–H groups in total. The van der Waals surface area contributed by atoms with Gasteiger partial charge in [0.2, 0.25) is 0 Å². The van der Waals surface area contributed by atoms with E-state index in [1.807, 2.05) is 0 Å². The summed E-state index contributed by atoms with van der Waals surface area (Å²) in [6, 6.07) is 2.80. The number of hydrogen-bond acceptors (Lipinski definition) is 5. The zero-order valence-electron chi connectivity index (χ0n) is 13.9. The molecular weight excluding hydrogens is 398 g/mol. The lowest BCUT2D eigenvalue weighted by molar-refractivity contribution is 0.0539. The van der Waals surface area contributed by atoms with Gasteiger partial charge >= 0.3 is 0 Å². The number of hydrogen-bond donors (Lipinski definition) is 3. The molecule has 0 spiro atoms. The zero-order valence-corrected chi connectivity index (χ0v) is 15.2. The van der Waals surface area contributed by atoms with E-state index in [2.05, 4.69) is 26.2 Å². The topological polar surface area (TPSA) is 87.4 Å². The molecule has 0 amide bonds. The van der Waals surface area contributed by atoms with Crippen LogP contribution >= 0.6 is 27.5 Å². The second-order valence-electron chi connectivity index (χ2n) is 6.00. The van der Waals surface area contributed by atoms with E-state index >= 15 is 0 Å². The smallest absolute Gasteiger partial charge is 0.261 e. The molecule has 1 fully saturated rings. The Labute approximate surface area is 154 Å². The van der Waals surface area contributed by atoms with Crippen LogP contribution in [0, 0.1) is 0 Å². The van der Waals surface area contributed by atoms with E-state index in [-0.39, 0.29) is 24.6 Å². The largest absolute Gasteiger partial charge is 0.392 e. The number of piperidine rings is 1. The minimum Gasteiger partial charge on any atom is -0.392 e. The average molecular weight is 419 g/mol. The van der Waals surface area contributed by atoms with Gasteiger partial charge in [-0.2, -0.15) is 0 Å². The molecule has 130 valence electrons. The summed E-state index contributed by atoms with van der Waals surface area (Å²) in [5, 5.41) is 24.2. The Morgan fingerprint density at radius 2 is 2.38 bits per heavy atom. The van der Waals surface area contributed by atoms with Gasteiger partial charge in [0.15, 0.2) is 0 Å². The van der Waals surface area contributed by atoms with Crippen molar-refractivity contribution in [2.24, 2.45) is 0 Å². The van der Waals surface area contributed by atoms with Crippen LogP contribution in [-0.4, -0.2) is 44.5 Å². The van der Waals surface area contributed by atoms with Crippen molar-refractivity contribution in [3.05, 3.63) is 38.3 Å². The van der Waals surface area contributed by atoms with E-state index in [1.54, 1.807) is 6.07 Å². The summed E-state index contributed by atoms with van der Waals surface area (Å²) in [7, 11) is 0. The normalized spacial score (nSPS) is 24.6. The lowest BCUT2D eigenvalue weighted by Crippen LogP contribution is -2.47. The van der Waals surface area contributed by atoms with Gasteiger partial charge in [0.1, 0.15) is 0 Å². The van der Waals surface area contributed by atoms with Crippen molar-refractivity contribution in [3.8, 4) is 0 Å². The van der Waals surface area contributed by atoms with Gasteiger partial charge in [-0.05, 0) is 53.9 Å². The van der Waals surface area contributed by atoms with Gasteiger partial charge in [0.25, 0.3) is 5.56 Å². The summed E-state index contributed by atoms with van der Waals surface area (Å²) >= 11 is 9.33. The quantitative estimate of drug-likeness (QED) is 0.703. The first kappa shape index (κ1) is 16.5. The van der Waals surface area contributed by atoms with Crippen molar-refractivity contribution < 1.29 is 11.6 Å². The molecule has 3 atom stereocenters. The molecule has 1 aliphatic rings. The monoisotopic (exact) mass is 417 g/mol. The highest BCUT2D eigenvalue weighted by atomic mass is 79.9. The predicted octanol–water partition coefficient (Wildman–Crippen LogP) is 1.68. The highest BCUT2D eigenvalue weighted by Gasteiger charge is 2.25. The van der Waals surface area contributed by atoms with Crippen LogP contribution in [-0.2, 0) is 6.54 Å². The summed E-state index contributed by atoms with van der Waals surface area (Å²) in [6.07, 6.45) is 0.314. The summed E-state index contributed by atoms with van der Waals surface area (Å²) in [5.41, 5.74) is 0.109. The molecule has 1 aliphatic heterocycles. The second-order valence-corrected chi connectivity index (χ2v) is 7.26. The molecule has 0 bridgehead atoms. The SMILES string of the molecule is [3H][C@@](O)(C[C@H]1NCCC[C@@H]1O)Cn1cnc2cc(Br)c(Cl)cc2c1=O. The van der Waals surface area contributed by atoms with Crippen molar-refractivity contribution in [3.63, 3.8) is 0 Å². The fourth-order valence-corrected chi connectivity index (χ4v) is 3.42. The van der Waals surface area contributed by atoms with Crippen LogP contribution in [0.25, 0.3) is 10.9 Å². The van der Waals surface area contributed by atoms with Gasteiger partial charge in [0, 0.05) is 10.5 Å². The number of aliphatic hydroxyl groups excluding tert-OH is 1. The molecule has 0 saturated carbocycles. The number of fused-ring (bicyclic) bond motifs is 1. The maximum atomic E-state index is 12.6. The minimum atomic E-state index is -1.91. The number of nitrogens with zero attached hydrogens (tertiary/aromatic N) is 2. The Balaban J connectivity index is 1.85. The number of nitrogens with one attached hydrogen (secondary N) is 1. The van der Waals surface area contributed by atoms with Gasteiger partial charge in [0.05, 0.1) is 42.4 Å². The Kier molecular flexibility index (Phi) is 5.14. The first-order chi connectivity index (χ1) is 11.8. The first-order valence-electron chi connectivity index (χ1n) is 8.25. The molecule has 2 aromatic rings. The van der Waals surface area contributed by atoms with Crippen molar-refractivity contribution in [2.45, 2.75) is 44.0 Å². The van der Waals surface area contributed by atoms with Gasteiger partial charge < -0.3 is 15.5 Å². The molecule has 24 heavy (non-hydrogen) atoms. The second kappa shape index (κ2) is 7.49. The summed E-state index contributed by atoms with van der Waals surface area (Å²) in [6.45, 7) is 0.496. The van der Waals surface area contributed by atoms with E-state index in [0.29, 0.717) is 26.8 Å². The molecule has 8 heteroatoms. The number of aromatic nitrogens is 2. The Morgan fingerprint density at radius 1 is 1.58 bits per heavy atom. The molecule has 3 rings (SSSR count). The van der Waals surface area contributed by atoms with Gasteiger partial charge in [-0.25, -0.2) is 4.98 Å². The molecule has 1 aromatic heterocycles. The van der Waals surface area contributed by atoms with Crippen LogP contribution in [0.15, 0.2) is 27.7 Å². The summed E-state index contributed by atoms with van der Waals surface area (Å²) < 4.78 is 10.00. The minimum absolute atomic E-state index is 0.0136. The lowest BCUT2D eigenvalue weighted by Gasteiger charge is -2.30. The lowest BCUT2D eigenvalue weighted by atomic mass is 9.96. The fourth-order valence-electron chi connectivity index (χ4n) is 2.93. The molecule has 2 heterocycles. The Bertz CT molecular complexity index is 845. The van der Waals surface area contributed by atoms with Crippen LogP contribution in [0.5, 0.6) is 0 Å². The zero-order chi connectivity index (χ0) is 18.2. The first-order valence-corrected chi connectivity index (χ1v) is 8.92. The van der Waals surface area contributed by atoms with Gasteiger partial charge in [-0.3, -0.25) is 9.36 Å². The molecule has 0 radical (unpaired) electrons. The predicted molar refractivity (Wildman–Crippen MR) is 96.4 cm³/mol. The van der Waals surface area contributed by atoms with E-state index in [1.165, 1.54) is 17.0 Å². The van der Waals surface area contributed by atoms with Crippen LogP contribution < -0.4 is 10.9 Å². The van der Waals surface area contributed by atoms with E-state index in [0.717, 1.165) is 13.0 Å². The standard InChI is InChI=1S/C16H19BrClN3O3/c17-11-6-13-10(5-12(11)18)16(24)21(8-20-13)7-9(22)4-14-15(23)2-1-3-19-14/h5-6,8-9,14-15,19,22-23H,1-4,7H2/t9-,14-,15+/m1/s1/i9T. The third kappa shape index (κ3) is 3.81. The third-order valence-corrected chi connectivity index (χ3v) is 5.42. The molecule has 1 saturated heterocycles. The average Bonchev–Trinajstić information content (AvgIpc) is 2.54. The Morgan fingerprint density at radius 3 is 3.12 bits per heavy atom. The number of rotatable bonds is 4. The molecule has 1 aromatic carbocycles. The maximum absolute atomic E-state index is 12.6. The van der Waals surface area contributed by atoms with Gasteiger partial charge in [-0.1, -0.05) is 11.6 Å². The van der Waals surface area contributed by atoms with Crippen LogP contribution in [0.3, 0.4) is 0 Å². The highest BCUT2D eigenvalue weighted by Crippen LogP contribution is 2.25. The van der Waals surface area contributed by atoms with Gasteiger partial charge in [-0.15, -0.1) is 0 Å². The van der Waals surface area contributed by atoms with E-state index < -0.39 is 12.2 Å². The highest BCUT2D eigenvalue weighted by molar-refractivity contribution is 9.10. The number of aliphatic hydroxyl groups is 2. The number of halogens is 2. The van der Waals surface area contributed by atoms with Crippen molar-refractivity contribution in [2.75, 3.05) is 6.54 Å². The summed E-state index contributed by atoms with van der Waals surface area (Å²) in [4.78, 5) is 16.8. The number of benzene rings is 1.